The summed E-state index contributed by atoms with van der Waals surface area (Å²) in [4.78, 5) is 35.4. The minimum Gasteiger partial charge on any atom is -0.473 e. The molecule has 0 fully saturated rings. The number of fused-ring (bicyclic) bond motifs is 1. The summed E-state index contributed by atoms with van der Waals surface area (Å²) in [6, 6.07) is 9.17. The summed E-state index contributed by atoms with van der Waals surface area (Å²) in [6.07, 6.45) is 1.59. The van der Waals surface area contributed by atoms with Gasteiger partial charge < -0.3 is 24.5 Å². The van der Waals surface area contributed by atoms with Crippen molar-refractivity contribution in [3.8, 4) is 17.4 Å². The maximum atomic E-state index is 12.3. The first-order valence-electron chi connectivity index (χ1n) is 9.77. The molecule has 9 heteroatoms. The number of hydrogen-bond acceptors (Lipinski definition) is 7. The second-order valence-electron chi connectivity index (χ2n) is 7.15. The number of carbonyl (C=O) groups excluding carboxylic acids is 1. The van der Waals surface area contributed by atoms with Gasteiger partial charge in [0.2, 0.25) is 18.6 Å². The zero-order valence-electron chi connectivity index (χ0n) is 17.2. The van der Waals surface area contributed by atoms with E-state index in [1.165, 1.54) is 0 Å². The molecule has 1 amide bonds. The van der Waals surface area contributed by atoms with Gasteiger partial charge in [-0.15, -0.1) is 0 Å². The average Bonchev–Trinajstić information content (AvgIpc) is 3.21. The lowest BCUT2D eigenvalue weighted by Gasteiger charge is -2.09. The number of aromatic amines is 1. The molecule has 1 aromatic carbocycles. The molecule has 0 unspecified atom stereocenters. The molecule has 0 atom stereocenters. The molecule has 3 heterocycles. The van der Waals surface area contributed by atoms with Crippen molar-refractivity contribution in [1.82, 2.24) is 20.3 Å². The van der Waals surface area contributed by atoms with Gasteiger partial charge in [-0.2, -0.15) is 0 Å². The number of ether oxygens (including phenoxy) is 3. The summed E-state index contributed by atoms with van der Waals surface area (Å²) in [7, 11) is 0. The fourth-order valence-corrected chi connectivity index (χ4v) is 3.21. The smallest absolute Gasteiger partial charge is 0.254 e. The Morgan fingerprint density at radius 2 is 2.00 bits per heavy atom. The van der Waals surface area contributed by atoms with Crippen molar-refractivity contribution in [2.75, 3.05) is 6.79 Å². The predicted molar refractivity (Wildman–Crippen MR) is 111 cm³/mol. The summed E-state index contributed by atoms with van der Waals surface area (Å²) < 4.78 is 16.4. The SMILES string of the molecule is Cc1nc(C)c(CC(=O)NCc2ccnc(OCc3ccc4c(c3)OCO4)c2)c(=O)[nH]1. The number of nitrogens with zero attached hydrogens (tertiary/aromatic N) is 2. The topological polar surface area (TPSA) is 115 Å². The Kier molecular flexibility index (Phi) is 5.83. The molecule has 2 N–H and O–H groups in total. The summed E-state index contributed by atoms with van der Waals surface area (Å²) in [6.45, 7) is 4.26. The van der Waals surface area contributed by atoms with Gasteiger partial charge in [0.15, 0.2) is 11.5 Å². The van der Waals surface area contributed by atoms with Crippen molar-refractivity contribution in [3.05, 3.63) is 75.1 Å². The van der Waals surface area contributed by atoms with Gasteiger partial charge >= 0.3 is 0 Å². The highest BCUT2D eigenvalue weighted by Gasteiger charge is 2.14. The quantitative estimate of drug-likeness (QED) is 0.598. The maximum Gasteiger partial charge on any atom is 0.254 e. The van der Waals surface area contributed by atoms with Gasteiger partial charge in [0.25, 0.3) is 5.56 Å². The zero-order chi connectivity index (χ0) is 21.8. The number of aromatic nitrogens is 3. The Morgan fingerprint density at radius 1 is 1.16 bits per heavy atom. The standard InChI is InChI=1S/C22H22N4O5/c1-13-17(22(28)26-14(2)25-13)9-20(27)24-10-15-5-6-23-21(8-15)29-11-16-3-4-18-19(7-16)31-12-30-18/h3-8H,9-12H2,1-2H3,(H,24,27)(H,25,26,28). The van der Waals surface area contributed by atoms with Crippen LogP contribution in [0.15, 0.2) is 41.3 Å². The number of benzene rings is 1. The van der Waals surface area contributed by atoms with Crippen molar-refractivity contribution in [3.63, 3.8) is 0 Å². The lowest BCUT2D eigenvalue weighted by Crippen LogP contribution is -2.29. The van der Waals surface area contributed by atoms with Gasteiger partial charge in [0.05, 0.1) is 6.42 Å². The maximum absolute atomic E-state index is 12.3. The van der Waals surface area contributed by atoms with Crippen molar-refractivity contribution in [2.24, 2.45) is 0 Å². The molecule has 0 saturated heterocycles. The van der Waals surface area contributed by atoms with Crippen LogP contribution in [-0.2, 0) is 24.4 Å². The van der Waals surface area contributed by atoms with Crippen LogP contribution in [0.3, 0.4) is 0 Å². The number of H-pyrrole nitrogens is 1. The Balaban J connectivity index is 1.32. The first-order valence-corrected chi connectivity index (χ1v) is 9.77. The number of carbonyl (C=O) groups is 1. The summed E-state index contributed by atoms with van der Waals surface area (Å²) in [5, 5.41) is 2.81. The van der Waals surface area contributed by atoms with Gasteiger partial charge in [-0.05, 0) is 43.2 Å². The van der Waals surface area contributed by atoms with Crippen LogP contribution >= 0.6 is 0 Å². The normalized spacial score (nSPS) is 11.9. The Morgan fingerprint density at radius 3 is 2.84 bits per heavy atom. The third-order valence-corrected chi connectivity index (χ3v) is 4.79. The van der Waals surface area contributed by atoms with E-state index in [0.717, 1.165) is 16.9 Å². The molecule has 9 nitrogen and oxygen atoms in total. The van der Waals surface area contributed by atoms with Crippen LogP contribution in [0.4, 0.5) is 0 Å². The molecule has 0 bridgehead atoms. The number of amides is 1. The van der Waals surface area contributed by atoms with Gasteiger partial charge in [0.1, 0.15) is 12.4 Å². The molecule has 4 rings (SSSR count). The molecular formula is C22H22N4O5. The Hall–Kier alpha value is -3.88. The number of rotatable bonds is 7. The zero-order valence-corrected chi connectivity index (χ0v) is 17.2. The van der Waals surface area contributed by atoms with Gasteiger partial charge in [0, 0.05) is 30.1 Å². The number of hydrogen-bond donors (Lipinski definition) is 2. The third-order valence-electron chi connectivity index (χ3n) is 4.79. The second-order valence-corrected chi connectivity index (χ2v) is 7.15. The number of pyridine rings is 1. The monoisotopic (exact) mass is 422 g/mol. The lowest BCUT2D eigenvalue weighted by molar-refractivity contribution is -0.120. The molecule has 160 valence electrons. The molecule has 1 aliphatic rings. The van der Waals surface area contributed by atoms with Crippen LogP contribution < -0.4 is 25.1 Å². The van der Waals surface area contributed by atoms with E-state index in [9.17, 15) is 9.59 Å². The highest BCUT2D eigenvalue weighted by atomic mass is 16.7. The van der Waals surface area contributed by atoms with E-state index in [-0.39, 0.29) is 31.2 Å². The minimum atomic E-state index is -0.289. The Bertz CT molecular complexity index is 1170. The van der Waals surface area contributed by atoms with E-state index >= 15 is 0 Å². The highest BCUT2D eigenvalue weighted by molar-refractivity contribution is 5.78. The Labute approximate surface area is 178 Å². The number of aryl methyl sites for hydroxylation is 2. The molecule has 1 aliphatic heterocycles. The predicted octanol–water partition coefficient (Wildman–Crippen LogP) is 1.95. The fourth-order valence-electron chi connectivity index (χ4n) is 3.21. The lowest BCUT2D eigenvalue weighted by atomic mass is 10.1. The van der Waals surface area contributed by atoms with Crippen molar-refractivity contribution >= 4 is 5.91 Å². The molecule has 0 aliphatic carbocycles. The van der Waals surface area contributed by atoms with E-state index in [4.69, 9.17) is 14.2 Å². The fraction of sp³-hybridized carbons (Fsp3) is 0.273. The second kappa shape index (κ2) is 8.86. The van der Waals surface area contributed by atoms with Crippen molar-refractivity contribution in [2.45, 2.75) is 33.4 Å². The van der Waals surface area contributed by atoms with E-state index in [1.807, 2.05) is 18.2 Å². The molecule has 0 spiro atoms. The molecule has 3 aromatic rings. The highest BCUT2D eigenvalue weighted by Crippen LogP contribution is 2.32. The van der Waals surface area contributed by atoms with Gasteiger partial charge in [-0.3, -0.25) is 9.59 Å². The first kappa shape index (κ1) is 20.4. The largest absolute Gasteiger partial charge is 0.473 e. The third kappa shape index (κ3) is 5.00. The minimum absolute atomic E-state index is 0.0347. The van der Waals surface area contributed by atoms with Crippen molar-refractivity contribution in [1.29, 1.82) is 0 Å². The van der Waals surface area contributed by atoms with Crippen LogP contribution in [0.5, 0.6) is 17.4 Å². The van der Waals surface area contributed by atoms with Crippen LogP contribution in [0, 0.1) is 13.8 Å². The summed E-state index contributed by atoms with van der Waals surface area (Å²) in [5.41, 5.74) is 2.39. The van der Waals surface area contributed by atoms with Gasteiger partial charge in [-0.1, -0.05) is 6.07 Å². The van der Waals surface area contributed by atoms with E-state index < -0.39 is 0 Å². The van der Waals surface area contributed by atoms with Crippen LogP contribution in [0.25, 0.3) is 0 Å². The number of nitrogens with one attached hydrogen (secondary N) is 2. The molecule has 0 radical (unpaired) electrons. The molecule has 2 aromatic heterocycles. The first-order chi connectivity index (χ1) is 15.0. The van der Waals surface area contributed by atoms with E-state index in [0.29, 0.717) is 35.3 Å². The molecular weight excluding hydrogens is 400 g/mol. The summed E-state index contributed by atoms with van der Waals surface area (Å²) in [5.74, 6) is 2.12. The van der Waals surface area contributed by atoms with E-state index in [1.54, 1.807) is 32.2 Å². The van der Waals surface area contributed by atoms with Crippen LogP contribution in [-0.4, -0.2) is 27.7 Å². The van der Waals surface area contributed by atoms with Crippen molar-refractivity contribution < 1.29 is 19.0 Å². The van der Waals surface area contributed by atoms with Gasteiger partial charge in [-0.25, -0.2) is 9.97 Å². The van der Waals surface area contributed by atoms with Crippen LogP contribution in [0.2, 0.25) is 0 Å². The molecule has 31 heavy (non-hydrogen) atoms. The molecule has 0 saturated carbocycles. The van der Waals surface area contributed by atoms with Crippen LogP contribution in [0.1, 0.15) is 28.2 Å². The average molecular weight is 422 g/mol. The summed E-state index contributed by atoms with van der Waals surface area (Å²) >= 11 is 0. The van der Waals surface area contributed by atoms with E-state index in [2.05, 4.69) is 20.3 Å².